The summed E-state index contributed by atoms with van der Waals surface area (Å²) in [6.07, 6.45) is 0. The van der Waals surface area contributed by atoms with Gasteiger partial charge in [0, 0.05) is 4.70 Å². The molecule has 1 aromatic carbocycles. The van der Waals surface area contributed by atoms with E-state index in [1.54, 1.807) is 0 Å². The molecule has 2 atom stereocenters. The lowest BCUT2D eigenvalue weighted by molar-refractivity contribution is 0.430. The van der Waals surface area contributed by atoms with E-state index < -0.39 is 0 Å². The van der Waals surface area contributed by atoms with Crippen LogP contribution in [0.1, 0.15) is 39.2 Å². The number of fused-ring (bicyclic) bond motifs is 1. The summed E-state index contributed by atoms with van der Waals surface area (Å²) in [5.74, 6) is 1.98. The maximum Gasteiger partial charge on any atom is 0.0377 e. The van der Waals surface area contributed by atoms with Gasteiger partial charge in [-0.15, -0.1) is 11.3 Å². The second-order valence-electron chi connectivity index (χ2n) is 6.00. The Bertz CT molecular complexity index is 515. The summed E-state index contributed by atoms with van der Waals surface area (Å²) < 4.78 is 1.46. The molecule has 1 N–H and O–H groups in total. The first-order valence-electron chi connectivity index (χ1n) is 7.26. The van der Waals surface area contributed by atoms with E-state index in [9.17, 15) is 0 Å². The molecule has 2 heteroatoms. The largest absolute Gasteiger partial charge is 0.316 e. The van der Waals surface area contributed by atoms with Gasteiger partial charge >= 0.3 is 0 Å². The highest BCUT2D eigenvalue weighted by Gasteiger charge is 2.16. The van der Waals surface area contributed by atoms with Gasteiger partial charge in [0.15, 0.2) is 0 Å². The third-order valence-electron chi connectivity index (χ3n) is 3.87. The number of hydrogen-bond donors (Lipinski definition) is 1. The molecule has 0 aliphatic carbocycles. The molecule has 0 spiro atoms. The normalized spacial score (nSPS) is 15.0. The Morgan fingerprint density at radius 2 is 1.84 bits per heavy atom. The maximum atomic E-state index is 3.58. The average molecular weight is 275 g/mol. The van der Waals surface area contributed by atoms with Crippen molar-refractivity contribution in [2.75, 3.05) is 13.1 Å². The van der Waals surface area contributed by atoms with Crippen molar-refractivity contribution >= 4 is 21.4 Å². The Hall–Kier alpha value is -0.860. The molecule has 2 aromatic rings. The maximum absolute atomic E-state index is 3.58. The Labute approximate surface area is 121 Å². The number of thiophene rings is 1. The summed E-state index contributed by atoms with van der Waals surface area (Å²) in [4.78, 5) is 0. The molecule has 104 valence electrons. The summed E-state index contributed by atoms with van der Waals surface area (Å²) >= 11 is 1.87. The first kappa shape index (κ1) is 14.5. The van der Waals surface area contributed by atoms with Crippen molar-refractivity contribution in [2.24, 2.45) is 11.8 Å². The summed E-state index contributed by atoms with van der Waals surface area (Å²) in [7, 11) is 0. The lowest BCUT2D eigenvalue weighted by atomic mass is 9.88. The predicted molar refractivity (Wildman–Crippen MR) is 87.1 cm³/mol. The predicted octanol–water partition coefficient (Wildman–Crippen LogP) is 4.89. The van der Waals surface area contributed by atoms with Crippen LogP contribution in [-0.4, -0.2) is 13.1 Å². The molecule has 19 heavy (non-hydrogen) atoms. The molecule has 0 bridgehead atoms. The smallest absolute Gasteiger partial charge is 0.0377 e. The van der Waals surface area contributed by atoms with Crippen LogP contribution in [0.5, 0.6) is 0 Å². The van der Waals surface area contributed by atoms with Crippen LogP contribution in [0.2, 0.25) is 0 Å². The molecule has 0 radical (unpaired) electrons. The summed E-state index contributed by atoms with van der Waals surface area (Å²) in [5.41, 5.74) is 1.51. The Kier molecular flexibility index (Phi) is 5.00. The molecule has 0 fully saturated rings. The lowest BCUT2D eigenvalue weighted by Crippen LogP contribution is -2.27. The highest BCUT2D eigenvalue weighted by Crippen LogP contribution is 2.33. The van der Waals surface area contributed by atoms with Gasteiger partial charge < -0.3 is 5.32 Å². The summed E-state index contributed by atoms with van der Waals surface area (Å²) in [6, 6.07) is 8.92. The van der Waals surface area contributed by atoms with E-state index in [0.29, 0.717) is 11.8 Å². The first-order chi connectivity index (χ1) is 9.09. The SMILES string of the molecule is CC(C)CNCC(C)C(C)c1cccc2ccsc12. The van der Waals surface area contributed by atoms with Crippen molar-refractivity contribution in [1.82, 2.24) is 5.32 Å². The zero-order chi connectivity index (χ0) is 13.8. The van der Waals surface area contributed by atoms with Crippen molar-refractivity contribution in [3.63, 3.8) is 0 Å². The average Bonchev–Trinajstić information content (AvgIpc) is 2.85. The van der Waals surface area contributed by atoms with Crippen LogP contribution in [0, 0.1) is 11.8 Å². The van der Waals surface area contributed by atoms with Gasteiger partial charge in [-0.1, -0.05) is 45.9 Å². The van der Waals surface area contributed by atoms with Gasteiger partial charge in [-0.2, -0.15) is 0 Å². The van der Waals surface area contributed by atoms with Crippen LogP contribution in [0.15, 0.2) is 29.6 Å². The molecule has 2 unspecified atom stereocenters. The minimum absolute atomic E-state index is 0.599. The van der Waals surface area contributed by atoms with Gasteiger partial charge in [0.05, 0.1) is 0 Å². The molecule has 2 rings (SSSR count). The monoisotopic (exact) mass is 275 g/mol. The zero-order valence-electron chi connectivity index (χ0n) is 12.4. The van der Waals surface area contributed by atoms with Crippen molar-refractivity contribution in [1.29, 1.82) is 0 Å². The molecule has 1 heterocycles. The number of hydrogen-bond acceptors (Lipinski definition) is 2. The van der Waals surface area contributed by atoms with Crippen molar-refractivity contribution in [3.8, 4) is 0 Å². The third-order valence-corrected chi connectivity index (χ3v) is 4.85. The summed E-state index contributed by atoms with van der Waals surface area (Å²) in [6.45, 7) is 11.4. The highest BCUT2D eigenvalue weighted by atomic mass is 32.1. The molecule has 1 aromatic heterocycles. The van der Waals surface area contributed by atoms with E-state index in [1.807, 2.05) is 11.3 Å². The zero-order valence-corrected chi connectivity index (χ0v) is 13.3. The van der Waals surface area contributed by atoms with Crippen LogP contribution in [0.25, 0.3) is 10.1 Å². The quantitative estimate of drug-likeness (QED) is 0.791. The van der Waals surface area contributed by atoms with Crippen molar-refractivity contribution in [2.45, 2.75) is 33.6 Å². The van der Waals surface area contributed by atoms with Crippen molar-refractivity contribution in [3.05, 3.63) is 35.2 Å². The van der Waals surface area contributed by atoms with E-state index in [2.05, 4.69) is 62.7 Å². The van der Waals surface area contributed by atoms with Crippen LogP contribution < -0.4 is 5.32 Å². The highest BCUT2D eigenvalue weighted by molar-refractivity contribution is 7.17. The van der Waals surface area contributed by atoms with Crippen LogP contribution in [0.3, 0.4) is 0 Å². The van der Waals surface area contributed by atoms with Crippen LogP contribution in [0.4, 0.5) is 0 Å². The first-order valence-corrected chi connectivity index (χ1v) is 8.14. The second-order valence-corrected chi connectivity index (χ2v) is 6.92. The van der Waals surface area contributed by atoms with Gasteiger partial charge in [-0.3, -0.25) is 0 Å². The fourth-order valence-electron chi connectivity index (χ4n) is 2.46. The Morgan fingerprint density at radius 1 is 1.05 bits per heavy atom. The second kappa shape index (κ2) is 6.53. The fourth-order valence-corrected chi connectivity index (χ4v) is 3.47. The molecule has 0 aliphatic heterocycles. The van der Waals surface area contributed by atoms with Gasteiger partial charge in [0.1, 0.15) is 0 Å². The number of benzene rings is 1. The van der Waals surface area contributed by atoms with E-state index in [0.717, 1.165) is 19.0 Å². The molecule has 0 amide bonds. The number of rotatable bonds is 6. The van der Waals surface area contributed by atoms with Gasteiger partial charge in [-0.05, 0) is 53.2 Å². The molecule has 0 saturated heterocycles. The Balaban J connectivity index is 2.06. The van der Waals surface area contributed by atoms with Gasteiger partial charge in [0.2, 0.25) is 0 Å². The van der Waals surface area contributed by atoms with Crippen LogP contribution >= 0.6 is 11.3 Å². The molecular weight excluding hydrogens is 250 g/mol. The molecule has 1 nitrogen and oxygen atoms in total. The van der Waals surface area contributed by atoms with E-state index in [1.165, 1.54) is 15.6 Å². The van der Waals surface area contributed by atoms with E-state index in [4.69, 9.17) is 0 Å². The van der Waals surface area contributed by atoms with Crippen molar-refractivity contribution < 1.29 is 0 Å². The minimum atomic E-state index is 0.599. The van der Waals surface area contributed by atoms with E-state index in [-0.39, 0.29) is 0 Å². The van der Waals surface area contributed by atoms with Crippen LogP contribution in [-0.2, 0) is 0 Å². The van der Waals surface area contributed by atoms with Gasteiger partial charge in [0.25, 0.3) is 0 Å². The lowest BCUT2D eigenvalue weighted by Gasteiger charge is -2.22. The number of nitrogens with one attached hydrogen (secondary N) is 1. The van der Waals surface area contributed by atoms with Gasteiger partial charge in [-0.25, -0.2) is 0 Å². The molecular formula is C17H25NS. The Morgan fingerprint density at radius 3 is 2.58 bits per heavy atom. The standard InChI is InChI=1S/C17H25NS/c1-12(2)10-18-11-13(3)14(4)16-7-5-6-15-8-9-19-17(15)16/h5-9,12-14,18H,10-11H2,1-4H3. The summed E-state index contributed by atoms with van der Waals surface area (Å²) in [5, 5.41) is 7.16. The van der Waals surface area contributed by atoms with E-state index >= 15 is 0 Å². The topological polar surface area (TPSA) is 12.0 Å². The molecule has 0 aliphatic rings. The molecule has 0 saturated carbocycles. The minimum Gasteiger partial charge on any atom is -0.316 e. The third kappa shape index (κ3) is 3.58. The fraction of sp³-hybridized carbons (Fsp3) is 0.529.